The molecule has 6 heteroatoms. The molecule has 3 fully saturated rings. The predicted octanol–water partition coefficient (Wildman–Crippen LogP) is 1.57. The van der Waals surface area contributed by atoms with E-state index >= 15 is 0 Å². The maximum absolute atomic E-state index is 12.7. The summed E-state index contributed by atoms with van der Waals surface area (Å²) in [7, 11) is 0. The molecule has 1 aromatic carbocycles. The molecule has 3 aliphatic heterocycles. The maximum atomic E-state index is 12.7. The molecule has 0 N–H and O–H groups in total. The van der Waals surface area contributed by atoms with E-state index in [1.165, 1.54) is 0 Å². The number of carbonyl (C=O) groups excluding carboxylic acids is 2. The molecule has 0 saturated carbocycles. The molecule has 0 spiro atoms. The smallest absolute Gasteiger partial charge is 0.324 e. The maximum Gasteiger partial charge on any atom is 0.324 e. The highest BCUT2D eigenvalue weighted by Gasteiger charge is 2.42. The summed E-state index contributed by atoms with van der Waals surface area (Å²) in [6, 6.07) is 9.91. The van der Waals surface area contributed by atoms with E-state index in [4.69, 9.17) is 4.74 Å². The largest absolute Gasteiger partial charge is 0.381 e. The Kier molecular flexibility index (Phi) is 4.14. The van der Waals surface area contributed by atoms with Crippen LogP contribution < -0.4 is 4.90 Å². The highest BCUT2D eigenvalue weighted by molar-refractivity contribution is 5.95. The second kappa shape index (κ2) is 6.43. The molecule has 0 radical (unpaired) electrons. The number of piperazine rings is 1. The first-order valence-corrected chi connectivity index (χ1v) is 8.74. The van der Waals surface area contributed by atoms with Gasteiger partial charge in [0.25, 0.3) is 0 Å². The fourth-order valence-corrected chi connectivity index (χ4v) is 3.93. The van der Waals surface area contributed by atoms with Crippen molar-refractivity contribution in [3.05, 3.63) is 30.3 Å². The van der Waals surface area contributed by atoms with Crippen molar-refractivity contribution < 1.29 is 14.3 Å². The second-order valence-corrected chi connectivity index (χ2v) is 6.75. The molecular formula is C18H23N3O3. The third-order valence-corrected chi connectivity index (χ3v) is 5.30. The minimum Gasteiger partial charge on any atom is -0.381 e. The van der Waals surface area contributed by atoms with Crippen LogP contribution in [0.15, 0.2) is 30.3 Å². The van der Waals surface area contributed by atoms with Gasteiger partial charge in [-0.15, -0.1) is 0 Å². The van der Waals surface area contributed by atoms with Gasteiger partial charge in [0, 0.05) is 51.0 Å². The lowest BCUT2D eigenvalue weighted by Crippen LogP contribution is -2.55. The number of carbonyl (C=O) groups is 2. The third-order valence-electron chi connectivity index (χ3n) is 5.30. The zero-order valence-electron chi connectivity index (χ0n) is 13.8. The molecule has 4 rings (SSSR count). The molecule has 1 unspecified atom stereocenters. The van der Waals surface area contributed by atoms with Crippen molar-refractivity contribution >= 4 is 17.6 Å². The van der Waals surface area contributed by atoms with Gasteiger partial charge < -0.3 is 14.5 Å². The monoisotopic (exact) mass is 329 g/mol. The molecule has 3 heterocycles. The van der Waals surface area contributed by atoms with Crippen LogP contribution in [-0.2, 0) is 9.53 Å². The Morgan fingerprint density at radius 3 is 2.54 bits per heavy atom. The van der Waals surface area contributed by atoms with Gasteiger partial charge in [0.1, 0.15) is 0 Å². The number of amides is 3. The Labute approximate surface area is 142 Å². The van der Waals surface area contributed by atoms with Crippen molar-refractivity contribution in [1.29, 1.82) is 0 Å². The molecule has 1 atom stereocenters. The van der Waals surface area contributed by atoms with E-state index in [1.54, 1.807) is 0 Å². The molecule has 0 aromatic heterocycles. The van der Waals surface area contributed by atoms with Crippen molar-refractivity contribution in [3.63, 3.8) is 0 Å². The summed E-state index contributed by atoms with van der Waals surface area (Å²) in [5, 5.41) is 0. The molecule has 3 amide bonds. The van der Waals surface area contributed by atoms with E-state index in [1.807, 2.05) is 45.0 Å². The van der Waals surface area contributed by atoms with Gasteiger partial charge in [-0.3, -0.25) is 9.69 Å². The molecular weight excluding hydrogens is 306 g/mol. The lowest BCUT2D eigenvalue weighted by Gasteiger charge is -2.38. The van der Waals surface area contributed by atoms with Crippen molar-refractivity contribution in [3.8, 4) is 0 Å². The Hall–Kier alpha value is -2.08. The summed E-state index contributed by atoms with van der Waals surface area (Å²) in [5.74, 6) is 0.330. The Bertz CT molecular complexity index is 615. The number of rotatable bonds is 2. The van der Waals surface area contributed by atoms with Gasteiger partial charge in [0.15, 0.2) is 0 Å². The molecule has 3 aliphatic rings. The molecule has 3 saturated heterocycles. The lowest BCUT2D eigenvalue weighted by molar-refractivity contribution is -0.140. The summed E-state index contributed by atoms with van der Waals surface area (Å²) in [6.45, 7) is 3.93. The minimum atomic E-state index is 0.0596. The topological polar surface area (TPSA) is 53.1 Å². The van der Waals surface area contributed by atoms with Crippen molar-refractivity contribution in [2.45, 2.75) is 18.9 Å². The first-order chi connectivity index (χ1) is 11.7. The van der Waals surface area contributed by atoms with Gasteiger partial charge in [-0.1, -0.05) is 18.2 Å². The third kappa shape index (κ3) is 2.75. The van der Waals surface area contributed by atoms with Crippen LogP contribution in [0.1, 0.15) is 12.8 Å². The van der Waals surface area contributed by atoms with Crippen molar-refractivity contribution in [2.24, 2.45) is 5.92 Å². The van der Waals surface area contributed by atoms with E-state index < -0.39 is 0 Å². The first-order valence-electron chi connectivity index (χ1n) is 8.74. The van der Waals surface area contributed by atoms with E-state index in [2.05, 4.69) is 0 Å². The van der Waals surface area contributed by atoms with Crippen LogP contribution in [0.4, 0.5) is 10.5 Å². The second-order valence-electron chi connectivity index (χ2n) is 6.75. The van der Waals surface area contributed by atoms with Crippen LogP contribution >= 0.6 is 0 Å². The summed E-state index contributed by atoms with van der Waals surface area (Å²) in [5.41, 5.74) is 0.930. The molecule has 0 aliphatic carbocycles. The van der Waals surface area contributed by atoms with E-state index in [-0.39, 0.29) is 23.9 Å². The number of hydrogen-bond donors (Lipinski definition) is 0. The normalized spacial score (nSPS) is 25.1. The van der Waals surface area contributed by atoms with Crippen LogP contribution in [0, 0.1) is 5.92 Å². The van der Waals surface area contributed by atoms with Gasteiger partial charge >= 0.3 is 6.03 Å². The van der Waals surface area contributed by atoms with Gasteiger partial charge in [0.05, 0.1) is 6.04 Å². The van der Waals surface area contributed by atoms with Crippen LogP contribution in [0.25, 0.3) is 0 Å². The van der Waals surface area contributed by atoms with E-state index in [9.17, 15) is 9.59 Å². The molecule has 24 heavy (non-hydrogen) atoms. The van der Waals surface area contributed by atoms with Crippen molar-refractivity contribution in [1.82, 2.24) is 9.80 Å². The quantitative estimate of drug-likeness (QED) is 0.827. The Morgan fingerprint density at radius 2 is 1.79 bits per heavy atom. The highest BCUT2D eigenvalue weighted by Crippen LogP contribution is 2.27. The Morgan fingerprint density at radius 1 is 1.04 bits per heavy atom. The predicted molar refractivity (Wildman–Crippen MR) is 89.8 cm³/mol. The SMILES string of the molecule is O=C(C1CCOCC1)N1CCN2C(=O)N(c3ccccc3)CC2C1. The zero-order chi connectivity index (χ0) is 16.5. The fourth-order valence-electron chi connectivity index (χ4n) is 3.93. The molecule has 128 valence electrons. The van der Waals surface area contributed by atoms with E-state index in [0.29, 0.717) is 39.4 Å². The lowest BCUT2D eigenvalue weighted by atomic mass is 9.98. The minimum absolute atomic E-state index is 0.0596. The highest BCUT2D eigenvalue weighted by atomic mass is 16.5. The van der Waals surface area contributed by atoms with Gasteiger partial charge in [-0.05, 0) is 25.0 Å². The summed E-state index contributed by atoms with van der Waals surface area (Å²) >= 11 is 0. The number of fused-ring (bicyclic) bond motifs is 1. The van der Waals surface area contributed by atoms with Crippen LogP contribution in [0.3, 0.4) is 0 Å². The number of urea groups is 1. The van der Waals surface area contributed by atoms with Crippen molar-refractivity contribution in [2.75, 3.05) is 44.3 Å². The Balaban J connectivity index is 1.44. The number of para-hydroxylation sites is 1. The average molecular weight is 329 g/mol. The fraction of sp³-hybridized carbons (Fsp3) is 0.556. The summed E-state index contributed by atoms with van der Waals surface area (Å²) < 4.78 is 5.35. The average Bonchev–Trinajstić information content (AvgIpc) is 2.99. The number of ether oxygens (including phenoxy) is 1. The van der Waals surface area contributed by atoms with Gasteiger partial charge in [-0.25, -0.2) is 4.79 Å². The number of benzene rings is 1. The van der Waals surface area contributed by atoms with Gasteiger partial charge in [0.2, 0.25) is 5.91 Å². The van der Waals surface area contributed by atoms with Crippen LogP contribution in [0.5, 0.6) is 0 Å². The van der Waals surface area contributed by atoms with Gasteiger partial charge in [-0.2, -0.15) is 0 Å². The van der Waals surface area contributed by atoms with E-state index in [0.717, 1.165) is 18.5 Å². The number of anilines is 1. The number of nitrogens with zero attached hydrogens (tertiary/aromatic N) is 3. The number of hydrogen-bond acceptors (Lipinski definition) is 3. The molecule has 0 bridgehead atoms. The van der Waals surface area contributed by atoms with Crippen LogP contribution in [-0.4, -0.2) is 67.2 Å². The standard InChI is InChI=1S/C18H23N3O3/c22-17(14-6-10-24-11-7-14)19-8-9-20-16(12-19)13-21(18(20)23)15-4-2-1-3-5-15/h1-5,14,16H,6-13H2. The molecule has 1 aromatic rings. The zero-order valence-corrected chi connectivity index (χ0v) is 13.8. The molecule has 6 nitrogen and oxygen atoms in total. The first kappa shape index (κ1) is 15.4. The summed E-state index contributed by atoms with van der Waals surface area (Å²) in [6.07, 6.45) is 1.64. The summed E-state index contributed by atoms with van der Waals surface area (Å²) in [4.78, 5) is 31.1. The van der Waals surface area contributed by atoms with Crippen LogP contribution in [0.2, 0.25) is 0 Å².